The van der Waals surface area contributed by atoms with Gasteiger partial charge in [0.2, 0.25) is 0 Å². The van der Waals surface area contributed by atoms with Crippen LogP contribution in [0.5, 0.6) is 0 Å². The molecule has 0 saturated carbocycles. The van der Waals surface area contributed by atoms with Crippen molar-refractivity contribution in [1.82, 2.24) is 0 Å². The first-order valence-corrected chi connectivity index (χ1v) is 4.48. The van der Waals surface area contributed by atoms with Gasteiger partial charge in [0.05, 0.1) is 5.56 Å². The molecule has 0 heterocycles. The molecule has 0 aliphatic heterocycles. The number of fused-ring (bicyclic) bond motifs is 1. The van der Waals surface area contributed by atoms with Gasteiger partial charge in [0.15, 0.2) is 0 Å². The molecule has 2 nitrogen and oxygen atoms in total. The number of hydrogen-bond donors (Lipinski definition) is 1. The normalized spacial score (nSPS) is 9.67. The van der Waals surface area contributed by atoms with E-state index < -0.39 is 5.97 Å². The Morgan fingerprint density at radius 2 is 1.93 bits per heavy atom. The van der Waals surface area contributed by atoms with Gasteiger partial charge in [-0.3, -0.25) is 0 Å². The van der Waals surface area contributed by atoms with E-state index in [0.29, 0.717) is 5.02 Å². The molecule has 0 amide bonds. The molecule has 72 valence electrons. The van der Waals surface area contributed by atoms with Crippen molar-refractivity contribution in [1.29, 1.82) is 0 Å². The molecule has 0 bridgehead atoms. The molecule has 2 rings (SSSR count). The van der Waals surface area contributed by atoms with E-state index in [1.165, 1.54) is 0 Å². The summed E-state index contributed by atoms with van der Waals surface area (Å²) in [5.41, 5.74) is 0.278. The van der Waals surface area contributed by atoms with Gasteiger partial charge in [-0.1, -0.05) is 29.8 Å². The zero-order valence-electron chi connectivity index (χ0n) is 7.90. The summed E-state index contributed by atoms with van der Waals surface area (Å²) < 4.78 is 0. The first-order chi connectivity index (χ1) is 6.68. The summed E-state index contributed by atoms with van der Waals surface area (Å²) in [5, 5.41) is 11.1. The second kappa shape index (κ2) is 4.94. The van der Waals surface area contributed by atoms with Gasteiger partial charge in [0.25, 0.3) is 0 Å². The largest absolute Gasteiger partial charge is 0.478 e. The topological polar surface area (TPSA) is 37.3 Å². The van der Waals surface area contributed by atoms with Gasteiger partial charge in [-0.2, -0.15) is 0 Å². The molecule has 0 fully saturated rings. The third-order valence-electron chi connectivity index (χ3n) is 2.07. The van der Waals surface area contributed by atoms with E-state index in [1.54, 1.807) is 30.3 Å². The Labute approximate surface area is 112 Å². The summed E-state index contributed by atoms with van der Waals surface area (Å²) in [6.07, 6.45) is 0. The quantitative estimate of drug-likeness (QED) is 0.820. The summed E-state index contributed by atoms with van der Waals surface area (Å²) >= 11 is 5.94. The molecule has 4 heteroatoms. The van der Waals surface area contributed by atoms with Crippen molar-refractivity contribution >= 4 is 28.3 Å². The molecular weight excluding hydrogens is 312 g/mol. The summed E-state index contributed by atoms with van der Waals surface area (Å²) in [6.45, 7) is 0. The smallest absolute Gasteiger partial charge is 0.335 e. The molecular formula is C11H7CdClO2. The number of hydrogen-bond acceptors (Lipinski definition) is 1. The fraction of sp³-hybridized carbons (Fsp3) is 0. The molecule has 0 unspecified atom stereocenters. The molecule has 0 atom stereocenters. The molecule has 2 aromatic carbocycles. The average molecular weight is 319 g/mol. The first kappa shape index (κ1) is 12.5. The minimum absolute atomic E-state index is 0. The van der Waals surface area contributed by atoms with Gasteiger partial charge >= 0.3 is 5.97 Å². The van der Waals surface area contributed by atoms with Gasteiger partial charge in [-0.15, -0.1) is 0 Å². The Bertz CT molecular complexity index is 511. The van der Waals surface area contributed by atoms with Crippen LogP contribution in [-0.4, -0.2) is 11.1 Å². The molecule has 0 aliphatic carbocycles. The van der Waals surface area contributed by atoms with E-state index in [1.807, 2.05) is 6.07 Å². The van der Waals surface area contributed by atoms with Crippen molar-refractivity contribution in [3.63, 3.8) is 0 Å². The van der Waals surface area contributed by atoms with Crippen LogP contribution in [0.25, 0.3) is 10.8 Å². The van der Waals surface area contributed by atoms with Crippen molar-refractivity contribution in [3.05, 3.63) is 47.0 Å². The number of rotatable bonds is 1. The maximum absolute atomic E-state index is 10.7. The standard InChI is InChI=1S/C11H7ClO2.Cd/c12-10-3-1-2-7-6-8(11(13)14)4-5-9(7)10;/h1-6H,(H,13,14);. The van der Waals surface area contributed by atoms with E-state index in [2.05, 4.69) is 0 Å². The van der Waals surface area contributed by atoms with Gasteiger partial charge in [-0.25, -0.2) is 4.79 Å². The summed E-state index contributed by atoms with van der Waals surface area (Å²) in [4.78, 5) is 10.7. The Kier molecular flexibility index (Phi) is 4.10. The Hall–Kier alpha value is -0.618. The summed E-state index contributed by atoms with van der Waals surface area (Å²) in [6, 6.07) is 10.3. The van der Waals surface area contributed by atoms with Gasteiger partial charge in [0, 0.05) is 37.7 Å². The molecule has 0 aromatic heterocycles. The first-order valence-electron chi connectivity index (χ1n) is 4.10. The number of carbonyl (C=O) groups is 1. The van der Waals surface area contributed by atoms with Crippen LogP contribution in [0.2, 0.25) is 5.02 Å². The minimum atomic E-state index is -0.924. The minimum Gasteiger partial charge on any atom is -0.478 e. The number of carboxylic acids is 1. The van der Waals surface area contributed by atoms with Crippen LogP contribution in [0.15, 0.2) is 36.4 Å². The number of benzene rings is 2. The maximum atomic E-state index is 10.7. The Morgan fingerprint density at radius 1 is 1.20 bits per heavy atom. The Morgan fingerprint density at radius 3 is 2.60 bits per heavy atom. The average Bonchev–Trinajstić information content (AvgIpc) is 2.17. The second-order valence-corrected chi connectivity index (χ2v) is 3.39. The van der Waals surface area contributed by atoms with Crippen molar-refractivity contribution in [2.24, 2.45) is 0 Å². The molecule has 0 radical (unpaired) electrons. The van der Waals surface area contributed by atoms with Crippen LogP contribution in [0.4, 0.5) is 0 Å². The van der Waals surface area contributed by atoms with Crippen molar-refractivity contribution in [3.8, 4) is 0 Å². The Balaban J connectivity index is 0.00000112. The molecule has 15 heavy (non-hydrogen) atoms. The van der Waals surface area contributed by atoms with Crippen LogP contribution in [0.1, 0.15) is 10.4 Å². The fourth-order valence-corrected chi connectivity index (χ4v) is 1.62. The number of aromatic carboxylic acids is 1. The summed E-state index contributed by atoms with van der Waals surface area (Å²) in [7, 11) is 0. The zero-order chi connectivity index (χ0) is 10.1. The van der Waals surface area contributed by atoms with Crippen LogP contribution < -0.4 is 0 Å². The van der Waals surface area contributed by atoms with Crippen molar-refractivity contribution in [2.75, 3.05) is 0 Å². The number of carboxylic acid groups (broad SMARTS) is 1. The zero-order valence-corrected chi connectivity index (χ0v) is 12.7. The molecule has 2 aromatic rings. The van der Waals surface area contributed by atoms with E-state index in [0.717, 1.165) is 10.8 Å². The van der Waals surface area contributed by atoms with Crippen molar-refractivity contribution in [2.45, 2.75) is 0 Å². The summed E-state index contributed by atoms with van der Waals surface area (Å²) in [5.74, 6) is -0.924. The maximum Gasteiger partial charge on any atom is 0.335 e. The van der Waals surface area contributed by atoms with Gasteiger partial charge < -0.3 is 5.11 Å². The fourth-order valence-electron chi connectivity index (χ4n) is 1.38. The molecule has 0 spiro atoms. The second-order valence-electron chi connectivity index (χ2n) is 2.98. The third-order valence-corrected chi connectivity index (χ3v) is 2.40. The van der Waals surface area contributed by atoms with Crippen LogP contribution in [-0.2, 0) is 27.3 Å². The SMILES string of the molecule is O=C(O)c1ccc2c(Cl)cccc2c1.[Cd]. The van der Waals surface area contributed by atoms with E-state index in [9.17, 15) is 4.79 Å². The molecule has 0 saturated heterocycles. The molecule has 0 aliphatic rings. The van der Waals surface area contributed by atoms with Crippen LogP contribution in [0, 0.1) is 0 Å². The van der Waals surface area contributed by atoms with Crippen molar-refractivity contribution < 1.29 is 37.2 Å². The van der Waals surface area contributed by atoms with E-state index >= 15 is 0 Å². The van der Waals surface area contributed by atoms with Gasteiger partial charge in [-0.05, 0) is 23.6 Å². The predicted molar refractivity (Wildman–Crippen MR) is 55.9 cm³/mol. The van der Waals surface area contributed by atoms with E-state index in [4.69, 9.17) is 16.7 Å². The van der Waals surface area contributed by atoms with E-state index in [-0.39, 0.29) is 32.9 Å². The molecule has 1 N–H and O–H groups in total. The monoisotopic (exact) mass is 320 g/mol. The van der Waals surface area contributed by atoms with Crippen LogP contribution in [0.3, 0.4) is 0 Å². The number of halogens is 1. The van der Waals surface area contributed by atoms with Crippen LogP contribution >= 0.6 is 11.6 Å². The predicted octanol–water partition coefficient (Wildman–Crippen LogP) is 3.19. The van der Waals surface area contributed by atoms with Gasteiger partial charge in [0.1, 0.15) is 0 Å². The third kappa shape index (κ3) is 2.49.